The predicted octanol–water partition coefficient (Wildman–Crippen LogP) is 1.73. The molecule has 0 aliphatic carbocycles. The van der Waals surface area contributed by atoms with Crippen LogP contribution in [0.2, 0.25) is 0 Å². The van der Waals surface area contributed by atoms with E-state index in [0.29, 0.717) is 11.4 Å². The van der Waals surface area contributed by atoms with Crippen LogP contribution in [0.15, 0.2) is 30.3 Å². The van der Waals surface area contributed by atoms with Gasteiger partial charge in [-0.15, -0.1) is 11.3 Å². The minimum Gasteiger partial charge on any atom is -0.384 e. The van der Waals surface area contributed by atoms with E-state index >= 15 is 0 Å². The van der Waals surface area contributed by atoms with Crippen molar-refractivity contribution < 1.29 is 9.90 Å². The predicted molar refractivity (Wildman–Crippen MR) is 78.4 cm³/mol. The zero-order chi connectivity index (χ0) is 14.4. The summed E-state index contributed by atoms with van der Waals surface area (Å²) in [7, 11) is 0. The second-order valence-corrected chi connectivity index (χ2v) is 5.16. The van der Waals surface area contributed by atoms with Crippen molar-refractivity contribution in [3.05, 3.63) is 51.5 Å². The van der Waals surface area contributed by atoms with Crippen LogP contribution in [0.5, 0.6) is 0 Å². The number of aliphatic hydroxyl groups excluding tert-OH is 1. The fourth-order valence-corrected chi connectivity index (χ4v) is 2.41. The van der Waals surface area contributed by atoms with Crippen molar-refractivity contribution in [3.8, 4) is 11.8 Å². The Kier molecular flexibility index (Phi) is 4.88. The molecule has 1 amide bonds. The SMILES string of the molecule is Cc1cccc(CNC(=O)c2ccc(C#CCO)s2)n1. The van der Waals surface area contributed by atoms with Gasteiger partial charge in [0, 0.05) is 5.69 Å². The Morgan fingerprint density at radius 3 is 3.00 bits per heavy atom. The van der Waals surface area contributed by atoms with Crippen molar-refractivity contribution in [1.82, 2.24) is 10.3 Å². The highest BCUT2D eigenvalue weighted by atomic mass is 32.1. The number of rotatable bonds is 3. The van der Waals surface area contributed by atoms with E-state index in [-0.39, 0.29) is 12.5 Å². The second-order valence-electron chi connectivity index (χ2n) is 4.08. The van der Waals surface area contributed by atoms with Crippen LogP contribution in [-0.2, 0) is 6.54 Å². The average molecular weight is 286 g/mol. The highest BCUT2D eigenvalue weighted by Gasteiger charge is 2.08. The van der Waals surface area contributed by atoms with Gasteiger partial charge in [0.2, 0.25) is 0 Å². The van der Waals surface area contributed by atoms with Crippen molar-refractivity contribution in [2.45, 2.75) is 13.5 Å². The molecule has 20 heavy (non-hydrogen) atoms. The lowest BCUT2D eigenvalue weighted by Crippen LogP contribution is -2.22. The van der Waals surface area contributed by atoms with Gasteiger partial charge in [-0.25, -0.2) is 0 Å². The number of hydrogen-bond acceptors (Lipinski definition) is 4. The van der Waals surface area contributed by atoms with E-state index in [9.17, 15) is 4.79 Å². The smallest absolute Gasteiger partial charge is 0.261 e. The van der Waals surface area contributed by atoms with Gasteiger partial charge in [0.15, 0.2) is 0 Å². The van der Waals surface area contributed by atoms with E-state index in [2.05, 4.69) is 22.1 Å². The molecule has 2 aromatic rings. The van der Waals surface area contributed by atoms with Crippen LogP contribution in [-0.4, -0.2) is 22.6 Å². The third-order valence-corrected chi connectivity index (χ3v) is 3.50. The molecule has 0 unspecified atom stereocenters. The summed E-state index contributed by atoms with van der Waals surface area (Å²) in [6.07, 6.45) is 0. The van der Waals surface area contributed by atoms with Crippen LogP contribution >= 0.6 is 11.3 Å². The van der Waals surface area contributed by atoms with Crippen LogP contribution < -0.4 is 5.32 Å². The second kappa shape index (κ2) is 6.85. The summed E-state index contributed by atoms with van der Waals surface area (Å²) in [5.74, 6) is 5.19. The summed E-state index contributed by atoms with van der Waals surface area (Å²) >= 11 is 1.30. The number of carbonyl (C=O) groups excluding carboxylic acids is 1. The molecule has 0 saturated heterocycles. The van der Waals surface area contributed by atoms with Crippen LogP contribution in [0.1, 0.15) is 25.9 Å². The molecule has 2 heterocycles. The molecule has 0 aromatic carbocycles. The van der Waals surface area contributed by atoms with Crippen LogP contribution in [0.4, 0.5) is 0 Å². The number of pyridine rings is 1. The van der Waals surface area contributed by atoms with E-state index in [0.717, 1.165) is 16.3 Å². The van der Waals surface area contributed by atoms with Gasteiger partial charge in [-0.3, -0.25) is 9.78 Å². The van der Waals surface area contributed by atoms with Crippen molar-refractivity contribution in [2.75, 3.05) is 6.61 Å². The molecule has 0 bridgehead atoms. The topological polar surface area (TPSA) is 62.2 Å². The number of aliphatic hydroxyl groups is 1. The van der Waals surface area contributed by atoms with E-state index in [4.69, 9.17) is 5.11 Å². The molecule has 2 N–H and O–H groups in total. The molecule has 0 aliphatic heterocycles. The Balaban J connectivity index is 1.96. The fourth-order valence-electron chi connectivity index (χ4n) is 1.61. The molecule has 0 aliphatic rings. The number of aromatic nitrogens is 1. The maximum absolute atomic E-state index is 12.0. The molecule has 4 nitrogen and oxygen atoms in total. The lowest BCUT2D eigenvalue weighted by atomic mass is 10.3. The van der Waals surface area contributed by atoms with Crippen molar-refractivity contribution in [2.24, 2.45) is 0 Å². The lowest BCUT2D eigenvalue weighted by molar-refractivity contribution is 0.0954. The Morgan fingerprint density at radius 2 is 2.25 bits per heavy atom. The molecule has 5 heteroatoms. The number of aryl methyl sites for hydroxylation is 1. The minimum absolute atomic E-state index is 0.143. The molecule has 2 rings (SSSR count). The summed E-state index contributed by atoms with van der Waals surface area (Å²) in [5.41, 5.74) is 1.75. The van der Waals surface area contributed by atoms with E-state index in [1.165, 1.54) is 11.3 Å². The maximum atomic E-state index is 12.0. The summed E-state index contributed by atoms with van der Waals surface area (Å²) in [6.45, 7) is 2.13. The van der Waals surface area contributed by atoms with Gasteiger partial charge in [0.25, 0.3) is 5.91 Å². The maximum Gasteiger partial charge on any atom is 0.261 e. The number of nitrogens with zero attached hydrogens (tertiary/aromatic N) is 1. The monoisotopic (exact) mass is 286 g/mol. The molecule has 0 radical (unpaired) electrons. The van der Waals surface area contributed by atoms with Gasteiger partial charge < -0.3 is 10.4 Å². The van der Waals surface area contributed by atoms with Gasteiger partial charge in [0.05, 0.1) is 22.0 Å². The normalized spacial score (nSPS) is 9.70. The Bertz CT molecular complexity index is 668. The van der Waals surface area contributed by atoms with Gasteiger partial charge in [-0.05, 0) is 31.2 Å². The molecular formula is C15H14N2O2S. The Hall–Kier alpha value is -2.16. The highest BCUT2D eigenvalue weighted by molar-refractivity contribution is 7.14. The first kappa shape index (κ1) is 14.3. The molecule has 0 atom stereocenters. The molecule has 0 saturated carbocycles. The number of carbonyl (C=O) groups is 1. The standard InChI is InChI=1S/C15H14N2O2S/c1-11-4-2-5-12(17-11)10-16-15(19)14-8-7-13(20-14)6-3-9-18/h2,4-5,7-8,18H,9-10H2,1H3,(H,16,19). The minimum atomic E-state index is -0.182. The van der Waals surface area contributed by atoms with Crippen LogP contribution in [0.3, 0.4) is 0 Å². The highest BCUT2D eigenvalue weighted by Crippen LogP contribution is 2.15. The van der Waals surface area contributed by atoms with Gasteiger partial charge in [-0.2, -0.15) is 0 Å². The van der Waals surface area contributed by atoms with Crippen LogP contribution in [0, 0.1) is 18.8 Å². The van der Waals surface area contributed by atoms with Gasteiger partial charge in [0.1, 0.15) is 6.61 Å². The fraction of sp³-hybridized carbons (Fsp3) is 0.200. The van der Waals surface area contributed by atoms with Crippen molar-refractivity contribution >= 4 is 17.2 Å². The largest absolute Gasteiger partial charge is 0.384 e. The first-order valence-corrected chi connectivity index (χ1v) is 6.91. The third-order valence-electron chi connectivity index (χ3n) is 2.50. The van der Waals surface area contributed by atoms with Gasteiger partial charge >= 0.3 is 0 Å². The molecule has 0 fully saturated rings. The molecular weight excluding hydrogens is 272 g/mol. The average Bonchev–Trinajstić information content (AvgIpc) is 2.91. The van der Waals surface area contributed by atoms with Crippen LogP contribution in [0.25, 0.3) is 0 Å². The van der Waals surface area contributed by atoms with Gasteiger partial charge in [-0.1, -0.05) is 17.9 Å². The van der Waals surface area contributed by atoms with E-state index in [1.807, 2.05) is 25.1 Å². The lowest BCUT2D eigenvalue weighted by Gasteiger charge is -2.03. The van der Waals surface area contributed by atoms with E-state index < -0.39 is 0 Å². The summed E-state index contributed by atoms with van der Waals surface area (Å²) in [4.78, 5) is 17.6. The number of hydrogen-bond donors (Lipinski definition) is 2. The zero-order valence-corrected chi connectivity index (χ0v) is 11.8. The third kappa shape index (κ3) is 3.92. The summed E-state index contributed by atoms with van der Waals surface area (Å²) < 4.78 is 0. The Labute approximate surface area is 121 Å². The summed E-state index contributed by atoms with van der Waals surface area (Å²) in [5, 5.41) is 11.4. The number of nitrogens with one attached hydrogen (secondary N) is 1. The van der Waals surface area contributed by atoms with Crippen molar-refractivity contribution in [1.29, 1.82) is 0 Å². The molecule has 2 aromatic heterocycles. The number of amides is 1. The molecule has 102 valence electrons. The number of thiophene rings is 1. The Morgan fingerprint density at radius 1 is 1.40 bits per heavy atom. The van der Waals surface area contributed by atoms with E-state index in [1.54, 1.807) is 12.1 Å². The summed E-state index contributed by atoms with van der Waals surface area (Å²) in [6, 6.07) is 9.20. The van der Waals surface area contributed by atoms with Crippen molar-refractivity contribution in [3.63, 3.8) is 0 Å². The first-order chi connectivity index (χ1) is 9.69. The molecule has 0 spiro atoms. The quantitative estimate of drug-likeness (QED) is 0.845. The zero-order valence-electron chi connectivity index (χ0n) is 11.0. The first-order valence-electron chi connectivity index (χ1n) is 6.09.